The quantitative estimate of drug-likeness (QED) is 0.807. The van der Waals surface area contributed by atoms with Crippen LogP contribution in [0.2, 0.25) is 0 Å². The van der Waals surface area contributed by atoms with E-state index in [1.807, 2.05) is 0 Å². The number of hydrogen-bond acceptors (Lipinski definition) is 2. The Bertz CT molecular complexity index is 247. The Morgan fingerprint density at radius 2 is 1.89 bits per heavy atom. The van der Waals surface area contributed by atoms with Gasteiger partial charge in [0.25, 0.3) is 0 Å². The Labute approximate surface area is 115 Å². The van der Waals surface area contributed by atoms with E-state index in [0.717, 1.165) is 12.5 Å². The van der Waals surface area contributed by atoms with E-state index in [-0.39, 0.29) is 0 Å². The van der Waals surface area contributed by atoms with E-state index in [4.69, 9.17) is 0 Å². The van der Waals surface area contributed by atoms with Gasteiger partial charge in [-0.15, -0.1) is 0 Å². The van der Waals surface area contributed by atoms with Crippen molar-refractivity contribution in [2.75, 3.05) is 13.6 Å². The summed E-state index contributed by atoms with van der Waals surface area (Å²) in [6, 6.07) is 1.97. The monoisotopic (exact) mass is 254 g/mol. The van der Waals surface area contributed by atoms with Crippen LogP contribution in [-0.4, -0.2) is 36.6 Å². The summed E-state index contributed by atoms with van der Waals surface area (Å²) < 4.78 is 0. The average Bonchev–Trinajstić information content (AvgIpc) is 2.29. The van der Waals surface area contributed by atoms with Crippen LogP contribution >= 0.6 is 0 Å². The zero-order valence-corrected chi connectivity index (χ0v) is 13.6. The maximum atomic E-state index is 3.76. The Hall–Kier alpha value is -0.0800. The van der Waals surface area contributed by atoms with Crippen molar-refractivity contribution in [1.82, 2.24) is 10.2 Å². The van der Waals surface area contributed by atoms with Gasteiger partial charge in [0.15, 0.2) is 0 Å². The fourth-order valence-electron chi connectivity index (χ4n) is 3.45. The molecule has 0 aromatic carbocycles. The van der Waals surface area contributed by atoms with Gasteiger partial charge >= 0.3 is 0 Å². The van der Waals surface area contributed by atoms with Gasteiger partial charge in [0.2, 0.25) is 0 Å². The van der Waals surface area contributed by atoms with Crippen molar-refractivity contribution in [3.63, 3.8) is 0 Å². The lowest BCUT2D eigenvalue weighted by Crippen LogP contribution is -2.60. The number of nitrogens with zero attached hydrogens (tertiary/aromatic N) is 1. The highest BCUT2D eigenvalue weighted by atomic mass is 15.2. The molecule has 1 saturated carbocycles. The van der Waals surface area contributed by atoms with Gasteiger partial charge in [0.05, 0.1) is 0 Å². The Morgan fingerprint density at radius 1 is 1.28 bits per heavy atom. The van der Waals surface area contributed by atoms with E-state index in [9.17, 15) is 0 Å². The molecule has 3 atom stereocenters. The van der Waals surface area contributed by atoms with E-state index >= 15 is 0 Å². The molecule has 0 aromatic heterocycles. The minimum Gasteiger partial charge on any atom is -0.312 e. The van der Waals surface area contributed by atoms with Crippen molar-refractivity contribution < 1.29 is 0 Å². The predicted octanol–water partition coefficient (Wildman–Crippen LogP) is 3.52. The summed E-state index contributed by atoms with van der Waals surface area (Å²) in [5, 5.41) is 3.76. The first-order chi connectivity index (χ1) is 8.31. The van der Waals surface area contributed by atoms with E-state index < -0.39 is 0 Å². The maximum Gasteiger partial charge on any atom is 0.0274 e. The molecule has 0 aromatic rings. The van der Waals surface area contributed by atoms with E-state index in [0.29, 0.717) is 23.5 Å². The molecular weight excluding hydrogens is 220 g/mol. The fourth-order valence-corrected chi connectivity index (χ4v) is 3.45. The summed E-state index contributed by atoms with van der Waals surface area (Å²) in [6.45, 7) is 15.2. The summed E-state index contributed by atoms with van der Waals surface area (Å²) in [4.78, 5) is 2.62. The van der Waals surface area contributed by atoms with E-state index in [2.05, 4.69) is 58.8 Å². The summed E-state index contributed by atoms with van der Waals surface area (Å²) >= 11 is 0. The number of hydrogen-bond donors (Lipinski definition) is 1. The zero-order valence-electron chi connectivity index (χ0n) is 13.6. The van der Waals surface area contributed by atoms with Crippen LogP contribution in [0, 0.1) is 11.3 Å². The first kappa shape index (κ1) is 16.0. The third-order valence-corrected chi connectivity index (χ3v) is 5.10. The van der Waals surface area contributed by atoms with Crippen LogP contribution in [0.4, 0.5) is 0 Å². The predicted molar refractivity (Wildman–Crippen MR) is 80.9 cm³/mol. The molecule has 0 heterocycles. The lowest BCUT2D eigenvalue weighted by Gasteiger charge is -2.49. The summed E-state index contributed by atoms with van der Waals surface area (Å²) in [6.07, 6.45) is 4.06. The van der Waals surface area contributed by atoms with Gasteiger partial charge in [0, 0.05) is 18.1 Å². The second kappa shape index (κ2) is 6.38. The van der Waals surface area contributed by atoms with Crippen molar-refractivity contribution in [3.05, 3.63) is 0 Å². The van der Waals surface area contributed by atoms with Crippen LogP contribution in [-0.2, 0) is 0 Å². The van der Waals surface area contributed by atoms with Crippen LogP contribution in [0.25, 0.3) is 0 Å². The van der Waals surface area contributed by atoms with Crippen LogP contribution < -0.4 is 5.32 Å². The van der Waals surface area contributed by atoms with Crippen molar-refractivity contribution in [3.8, 4) is 0 Å². The van der Waals surface area contributed by atoms with E-state index in [1.54, 1.807) is 0 Å². The van der Waals surface area contributed by atoms with Crippen LogP contribution in [0.15, 0.2) is 0 Å². The Kier molecular flexibility index (Phi) is 5.67. The molecule has 1 aliphatic rings. The molecule has 0 aliphatic heterocycles. The molecule has 0 radical (unpaired) electrons. The molecule has 2 heteroatoms. The van der Waals surface area contributed by atoms with Crippen LogP contribution in [0.1, 0.15) is 60.8 Å². The van der Waals surface area contributed by atoms with E-state index in [1.165, 1.54) is 19.3 Å². The van der Waals surface area contributed by atoms with Crippen molar-refractivity contribution in [2.45, 2.75) is 78.9 Å². The first-order valence-corrected chi connectivity index (χ1v) is 7.76. The SMILES string of the molecule is CCNC1C(N(C)C(C)C(C)C)CCCC1(C)C. The molecule has 0 bridgehead atoms. The lowest BCUT2D eigenvalue weighted by molar-refractivity contribution is 0.0334. The smallest absolute Gasteiger partial charge is 0.0274 e. The maximum absolute atomic E-state index is 3.76. The number of likely N-dealkylation sites (N-methyl/N-ethyl adjacent to an activating group) is 2. The van der Waals surface area contributed by atoms with Gasteiger partial charge in [-0.1, -0.05) is 41.0 Å². The fraction of sp³-hybridized carbons (Fsp3) is 1.00. The minimum absolute atomic E-state index is 0.421. The molecule has 0 amide bonds. The van der Waals surface area contributed by atoms with Gasteiger partial charge in [0.1, 0.15) is 0 Å². The lowest BCUT2D eigenvalue weighted by atomic mass is 9.70. The highest BCUT2D eigenvalue weighted by Crippen LogP contribution is 2.38. The highest BCUT2D eigenvalue weighted by Gasteiger charge is 2.41. The Morgan fingerprint density at radius 3 is 2.39 bits per heavy atom. The first-order valence-electron chi connectivity index (χ1n) is 7.76. The molecule has 0 saturated heterocycles. The molecule has 3 unspecified atom stereocenters. The summed E-state index contributed by atoms with van der Waals surface area (Å²) in [5.41, 5.74) is 0.421. The molecule has 1 rings (SSSR count). The number of nitrogens with one attached hydrogen (secondary N) is 1. The molecule has 0 spiro atoms. The standard InChI is InChI=1S/C16H34N2/c1-8-17-15-14(10-9-11-16(15,5)6)18(7)13(4)12(2)3/h12-15,17H,8-11H2,1-7H3. The highest BCUT2D eigenvalue weighted by molar-refractivity contribution is 4.98. The largest absolute Gasteiger partial charge is 0.312 e. The van der Waals surface area contributed by atoms with Crippen LogP contribution in [0.3, 0.4) is 0 Å². The normalized spacial score (nSPS) is 29.8. The van der Waals surface area contributed by atoms with Gasteiger partial charge in [-0.05, 0) is 44.7 Å². The van der Waals surface area contributed by atoms with Crippen LogP contribution in [0.5, 0.6) is 0 Å². The second-order valence-electron chi connectivity index (χ2n) is 7.13. The van der Waals surface area contributed by atoms with Crippen molar-refractivity contribution >= 4 is 0 Å². The third-order valence-electron chi connectivity index (χ3n) is 5.10. The van der Waals surface area contributed by atoms with Gasteiger partial charge in [-0.2, -0.15) is 0 Å². The summed E-state index contributed by atoms with van der Waals surface area (Å²) in [5.74, 6) is 0.724. The van der Waals surface area contributed by atoms with Gasteiger partial charge in [-0.25, -0.2) is 0 Å². The molecule has 108 valence electrons. The average molecular weight is 254 g/mol. The molecule has 1 fully saturated rings. The van der Waals surface area contributed by atoms with Gasteiger partial charge < -0.3 is 5.32 Å². The topological polar surface area (TPSA) is 15.3 Å². The third kappa shape index (κ3) is 3.48. The van der Waals surface area contributed by atoms with Gasteiger partial charge in [-0.3, -0.25) is 4.90 Å². The van der Waals surface area contributed by atoms with Crippen molar-refractivity contribution in [2.24, 2.45) is 11.3 Å². The molecule has 1 N–H and O–H groups in total. The zero-order chi connectivity index (χ0) is 13.9. The summed E-state index contributed by atoms with van der Waals surface area (Å²) in [7, 11) is 2.32. The molecular formula is C16H34N2. The molecule has 1 aliphatic carbocycles. The second-order valence-corrected chi connectivity index (χ2v) is 7.13. The molecule has 18 heavy (non-hydrogen) atoms. The minimum atomic E-state index is 0.421. The molecule has 2 nitrogen and oxygen atoms in total. The Balaban J connectivity index is 2.83. The van der Waals surface area contributed by atoms with Crippen molar-refractivity contribution in [1.29, 1.82) is 0 Å². The number of rotatable bonds is 5.